The third-order valence-corrected chi connectivity index (χ3v) is 4.83. The number of rotatable bonds is 6. The molecule has 1 unspecified atom stereocenters. The molecule has 2 atom stereocenters. The predicted octanol–water partition coefficient (Wildman–Crippen LogP) is 1.09. The summed E-state index contributed by atoms with van der Waals surface area (Å²) in [6.07, 6.45) is 6.05. The predicted molar refractivity (Wildman–Crippen MR) is 110 cm³/mol. The molecule has 4 N–H and O–H groups in total. The summed E-state index contributed by atoms with van der Waals surface area (Å²) in [5.41, 5.74) is 7.31. The molecule has 4 rings (SSSR count). The number of nitrogens with zero attached hydrogens (tertiary/aromatic N) is 4. The van der Waals surface area contributed by atoms with Gasteiger partial charge in [-0.25, -0.2) is 9.97 Å². The summed E-state index contributed by atoms with van der Waals surface area (Å²) in [5.74, 6) is 0.368. The van der Waals surface area contributed by atoms with E-state index in [1.54, 1.807) is 24.2 Å². The third kappa shape index (κ3) is 4.24. The van der Waals surface area contributed by atoms with E-state index in [-0.39, 0.29) is 23.7 Å². The van der Waals surface area contributed by atoms with Gasteiger partial charge < -0.3 is 25.8 Å². The smallest absolute Gasteiger partial charge is 0.278 e. The van der Waals surface area contributed by atoms with Crippen molar-refractivity contribution < 1.29 is 14.3 Å². The molecule has 1 aromatic carbocycles. The number of morpholine rings is 1. The number of hydrogen-bond donors (Lipinski definition) is 3. The lowest BCUT2D eigenvalue weighted by Crippen LogP contribution is -2.44. The quantitative estimate of drug-likeness (QED) is 0.552. The number of hydrogen-bond acceptors (Lipinski definition) is 8. The summed E-state index contributed by atoms with van der Waals surface area (Å²) < 4.78 is 13.2. The van der Waals surface area contributed by atoms with Crippen LogP contribution in [0.25, 0.3) is 0 Å². The van der Waals surface area contributed by atoms with Crippen LogP contribution in [0, 0.1) is 0 Å². The summed E-state index contributed by atoms with van der Waals surface area (Å²) in [4.78, 5) is 20.4. The number of benzene rings is 1. The first-order valence-electron chi connectivity index (χ1n) is 9.54. The van der Waals surface area contributed by atoms with Gasteiger partial charge in [0, 0.05) is 31.7 Å². The van der Waals surface area contributed by atoms with Crippen molar-refractivity contribution in [3.05, 3.63) is 60.3 Å². The van der Waals surface area contributed by atoms with Crippen LogP contribution in [0.3, 0.4) is 0 Å². The van der Waals surface area contributed by atoms with Crippen molar-refractivity contribution >= 4 is 17.4 Å². The fourth-order valence-electron chi connectivity index (χ4n) is 3.42. The first-order valence-corrected chi connectivity index (χ1v) is 9.54. The van der Waals surface area contributed by atoms with Crippen LogP contribution in [0.5, 0.6) is 5.75 Å². The van der Waals surface area contributed by atoms with Crippen LogP contribution in [-0.2, 0) is 4.74 Å². The normalized spacial score (nSPS) is 17.3. The molecule has 10 heteroatoms. The van der Waals surface area contributed by atoms with E-state index in [1.807, 2.05) is 24.3 Å². The molecule has 0 bridgehead atoms. The maximum absolute atomic E-state index is 12.5. The first kappa shape index (κ1) is 19.8. The molecule has 1 fully saturated rings. The van der Waals surface area contributed by atoms with E-state index >= 15 is 0 Å². The molecule has 0 spiro atoms. The number of nitrogens with one attached hydrogen (secondary N) is 2. The zero-order chi connectivity index (χ0) is 20.9. The van der Waals surface area contributed by atoms with Crippen molar-refractivity contribution in [1.29, 1.82) is 0 Å². The van der Waals surface area contributed by atoms with Gasteiger partial charge in [0.05, 0.1) is 31.7 Å². The Balaban J connectivity index is 1.61. The summed E-state index contributed by atoms with van der Waals surface area (Å²) in [7, 11) is 1.63. The van der Waals surface area contributed by atoms with Crippen LogP contribution in [0.1, 0.15) is 22.1 Å². The van der Waals surface area contributed by atoms with Crippen molar-refractivity contribution in [3.63, 3.8) is 0 Å². The molecule has 1 aliphatic heterocycles. The van der Waals surface area contributed by atoms with E-state index in [0.717, 1.165) is 17.9 Å². The molecule has 3 heterocycles. The number of methoxy groups -OCH3 is 1. The van der Waals surface area contributed by atoms with E-state index in [1.165, 1.54) is 12.4 Å². The average Bonchev–Trinajstić information content (AvgIpc) is 3.23. The number of nitrogens with two attached hydrogens (primary N) is 1. The minimum atomic E-state index is -0.450. The highest BCUT2D eigenvalue weighted by molar-refractivity contribution is 6.05. The lowest BCUT2D eigenvalue weighted by Gasteiger charge is -2.31. The van der Waals surface area contributed by atoms with Gasteiger partial charge in [-0.15, -0.1) is 0 Å². The Morgan fingerprint density at radius 2 is 2.27 bits per heavy atom. The zero-order valence-electron chi connectivity index (χ0n) is 16.5. The molecular weight excluding hydrogens is 386 g/mol. The minimum Gasteiger partial charge on any atom is -0.497 e. The lowest BCUT2D eigenvalue weighted by molar-refractivity contribution is 0.00217. The Morgan fingerprint density at radius 3 is 3.03 bits per heavy atom. The van der Waals surface area contributed by atoms with E-state index in [4.69, 9.17) is 15.2 Å². The minimum absolute atomic E-state index is 0.0643. The van der Waals surface area contributed by atoms with E-state index in [9.17, 15) is 4.79 Å². The van der Waals surface area contributed by atoms with Gasteiger partial charge in [-0.2, -0.15) is 5.10 Å². The van der Waals surface area contributed by atoms with Crippen molar-refractivity contribution in [1.82, 2.24) is 25.1 Å². The van der Waals surface area contributed by atoms with Crippen LogP contribution in [0.2, 0.25) is 0 Å². The molecule has 156 valence electrons. The molecule has 0 radical (unpaired) electrons. The summed E-state index contributed by atoms with van der Waals surface area (Å²) in [6, 6.07) is 7.58. The topological polar surface area (TPSA) is 129 Å². The highest BCUT2D eigenvalue weighted by Gasteiger charge is 2.29. The van der Waals surface area contributed by atoms with Gasteiger partial charge in [0.25, 0.3) is 5.91 Å². The number of anilines is 2. The third-order valence-electron chi connectivity index (χ3n) is 4.83. The standard InChI is InChI=1S/C20H23N7O3/c1-29-15-4-2-3-13(9-15)18(16-11-22-7-8-30-16)27-12-14(10-25-27)26-20(28)17-19(21)24-6-5-23-17/h2-6,9-10,12,16,18,22H,7-8,11H2,1H3,(H2,21,24)(H,26,28)/t16-,18?/m0/s1. The van der Waals surface area contributed by atoms with Crippen LogP contribution in [0.15, 0.2) is 49.1 Å². The number of carbonyl (C=O) groups excluding carboxylic acids is 1. The van der Waals surface area contributed by atoms with Crippen molar-refractivity contribution in [3.8, 4) is 5.75 Å². The van der Waals surface area contributed by atoms with Gasteiger partial charge in [0.15, 0.2) is 11.5 Å². The molecule has 0 aliphatic carbocycles. The van der Waals surface area contributed by atoms with Crippen LogP contribution in [-0.4, -0.2) is 58.6 Å². The largest absolute Gasteiger partial charge is 0.497 e. The molecule has 2 aromatic heterocycles. The number of nitrogen functional groups attached to an aromatic ring is 1. The molecule has 0 saturated carbocycles. The van der Waals surface area contributed by atoms with Crippen molar-refractivity contribution in [2.24, 2.45) is 0 Å². The molecule has 1 aliphatic rings. The lowest BCUT2D eigenvalue weighted by atomic mass is 10.0. The van der Waals surface area contributed by atoms with Gasteiger partial charge >= 0.3 is 0 Å². The molecule has 3 aromatic rings. The fourth-order valence-corrected chi connectivity index (χ4v) is 3.42. The maximum atomic E-state index is 12.5. The Hall–Kier alpha value is -3.50. The van der Waals surface area contributed by atoms with Gasteiger partial charge in [-0.05, 0) is 17.7 Å². The number of ether oxygens (including phenoxy) is 2. The SMILES string of the molecule is COc1cccc(C([C@@H]2CNCCO2)n2cc(NC(=O)c3nccnc3N)cn2)c1. The van der Waals surface area contributed by atoms with Gasteiger partial charge in [0.2, 0.25) is 0 Å². The van der Waals surface area contributed by atoms with Crippen LogP contribution < -0.4 is 21.1 Å². The van der Waals surface area contributed by atoms with Crippen LogP contribution >= 0.6 is 0 Å². The fraction of sp³-hybridized carbons (Fsp3) is 0.300. The Kier molecular flexibility index (Phi) is 5.87. The first-order chi connectivity index (χ1) is 14.7. The maximum Gasteiger partial charge on any atom is 0.278 e. The van der Waals surface area contributed by atoms with Gasteiger partial charge in [0.1, 0.15) is 11.8 Å². The van der Waals surface area contributed by atoms with E-state index in [2.05, 4.69) is 25.7 Å². The molecule has 1 amide bonds. The number of carbonyl (C=O) groups is 1. The van der Waals surface area contributed by atoms with E-state index in [0.29, 0.717) is 18.8 Å². The monoisotopic (exact) mass is 409 g/mol. The van der Waals surface area contributed by atoms with E-state index < -0.39 is 5.91 Å². The second kappa shape index (κ2) is 8.89. The highest BCUT2D eigenvalue weighted by atomic mass is 16.5. The Labute approximate surface area is 173 Å². The molecule has 30 heavy (non-hydrogen) atoms. The van der Waals surface area contributed by atoms with Crippen molar-refractivity contribution in [2.45, 2.75) is 12.1 Å². The second-order valence-electron chi connectivity index (χ2n) is 6.79. The zero-order valence-corrected chi connectivity index (χ0v) is 16.5. The summed E-state index contributed by atoms with van der Waals surface area (Å²) in [5, 5.41) is 10.6. The molecular formula is C20H23N7O3. The highest BCUT2D eigenvalue weighted by Crippen LogP contribution is 2.28. The Bertz CT molecular complexity index is 1020. The summed E-state index contributed by atoms with van der Waals surface area (Å²) >= 11 is 0. The number of amides is 1. The van der Waals surface area contributed by atoms with Gasteiger partial charge in [-0.3, -0.25) is 9.48 Å². The van der Waals surface area contributed by atoms with Gasteiger partial charge in [-0.1, -0.05) is 12.1 Å². The Morgan fingerprint density at radius 1 is 1.40 bits per heavy atom. The molecule has 10 nitrogen and oxygen atoms in total. The summed E-state index contributed by atoms with van der Waals surface area (Å²) in [6.45, 7) is 2.10. The molecule has 1 saturated heterocycles. The van der Waals surface area contributed by atoms with Crippen molar-refractivity contribution in [2.75, 3.05) is 37.9 Å². The van der Waals surface area contributed by atoms with Crippen LogP contribution in [0.4, 0.5) is 11.5 Å². The second-order valence-corrected chi connectivity index (χ2v) is 6.79. The number of aromatic nitrogens is 4. The average molecular weight is 409 g/mol.